The number of aromatic nitrogens is 4. The molecular formula is C22H21BrN6O2S. The number of benzene rings is 2. The van der Waals surface area contributed by atoms with E-state index in [1.54, 1.807) is 47.1 Å². The Morgan fingerprint density at radius 1 is 0.875 bits per heavy atom. The van der Waals surface area contributed by atoms with E-state index in [9.17, 15) is 8.42 Å². The lowest BCUT2D eigenvalue weighted by molar-refractivity contribution is 0.601. The van der Waals surface area contributed by atoms with Crippen LogP contribution in [0.1, 0.15) is 17.0 Å². The van der Waals surface area contributed by atoms with Crippen LogP contribution in [0.2, 0.25) is 0 Å². The molecule has 10 heteroatoms. The van der Waals surface area contributed by atoms with Gasteiger partial charge < -0.3 is 5.32 Å². The maximum Gasteiger partial charge on any atom is 0.263 e. The molecule has 32 heavy (non-hydrogen) atoms. The van der Waals surface area contributed by atoms with Crippen LogP contribution in [0, 0.1) is 20.8 Å². The molecule has 0 aliphatic carbocycles. The van der Waals surface area contributed by atoms with Gasteiger partial charge in [0, 0.05) is 21.5 Å². The van der Waals surface area contributed by atoms with E-state index in [-0.39, 0.29) is 4.90 Å². The zero-order chi connectivity index (χ0) is 22.9. The molecule has 4 rings (SSSR count). The largest absolute Gasteiger partial charge is 0.339 e. The Hall–Kier alpha value is -3.24. The highest BCUT2D eigenvalue weighted by molar-refractivity contribution is 9.10. The number of hydrogen-bond donors (Lipinski definition) is 2. The SMILES string of the molecule is Cc1nn(-c2ccc(Nc3ccc(NS(=O)(=O)c4ccccc4Br)cc3)nn2)c(C)c1C. The number of anilines is 3. The van der Waals surface area contributed by atoms with E-state index in [1.165, 1.54) is 6.07 Å². The number of nitrogens with one attached hydrogen (secondary N) is 2. The number of aryl methyl sites for hydroxylation is 1. The smallest absolute Gasteiger partial charge is 0.263 e. The van der Waals surface area contributed by atoms with E-state index in [2.05, 4.69) is 41.3 Å². The van der Waals surface area contributed by atoms with Crippen LogP contribution in [-0.4, -0.2) is 28.4 Å². The van der Waals surface area contributed by atoms with Crippen LogP contribution in [0.25, 0.3) is 5.82 Å². The van der Waals surface area contributed by atoms with Gasteiger partial charge in [-0.05, 0) is 90.8 Å². The van der Waals surface area contributed by atoms with Gasteiger partial charge >= 0.3 is 0 Å². The molecule has 0 fully saturated rings. The monoisotopic (exact) mass is 512 g/mol. The molecule has 4 aromatic rings. The second-order valence-electron chi connectivity index (χ2n) is 7.22. The number of halogens is 1. The molecular weight excluding hydrogens is 492 g/mol. The molecule has 0 aliphatic rings. The summed E-state index contributed by atoms with van der Waals surface area (Å²) in [5, 5.41) is 16.1. The van der Waals surface area contributed by atoms with Gasteiger partial charge in [0.2, 0.25) is 0 Å². The maximum absolute atomic E-state index is 12.6. The zero-order valence-electron chi connectivity index (χ0n) is 17.7. The van der Waals surface area contributed by atoms with Gasteiger partial charge in [0.15, 0.2) is 11.6 Å². The van der Waals surface area contributed by atoms with Crippen molar-refractivity contribution in [2.45, 2.75) is 25.7 Å². The topological polar surface area (TPSA) is 102 Å². The number of rotatable bonds is 6. The molecule has 0 aliphatic heterocycles. The lowest BCUT2D eigenvalue weighted by Gasteiger charge is -2.11. The summed E-state index contributed by atoms with van der Waals surface area (Å²) in [6.45, 7) is 5.99. The third-order valence-electron chi connectivity index (χ3n) is 5.06. The Balaban J connectivity index is 1.46. The molecule has 8 nitrogen and oxygen atoms in total. The molecule has 2 aromatic heterocycles. The number of hydrogen-bond acceptors (Lipinski definition) is 6. The number of sulfonamides is 1. The van der Waals surface area contributed by atoms with E-state index in [0.29, 0.717) is 21.8 Å². The molecule has 0 unspecified atom stereocenters. The fraction of sp³-hybridized carbons (Fsp3) is 0.136. The van der Waals surface area contributed by atoms with Gasteiger partial charge in [-0.2, -0.15) is 5.10 Å². The van der Waals surface area contributed by atoms with Crippen LogP contribution >= 0.6 is 15.9 Å². The molecule has 164 valence electrons. The Morgan fingerprint density at radius 2 is 1.56 bits per heavy atom. The Labute approximate surface area is 194 Å². The summed E-state index contributed by atoms with van der Waals surface area (Å²) in [4.78, 5) is 0.176. The molecule has 2 aromatic carbocycles. The third kappa shape index (κ3) is 4.51. The average Bonchev–Trinajstić information content (AvgIpc) is 3.03. The number of nitrogens with zero attached hydrogens (tertiary/aromatic N) is 4. The van der Waals surface area contributed by atoms with Crippen molar-refractivity contribution in [3.05, 3.63) is 82.1 Å². The lowest BCUT2D eigenvalue weighted by Crippen LogP contribution is -2.13. The first-order valence-electron chi connectivity index (χ1n) is 9.76. The molecule has 0 spiro atoms. The fourth-order valence-electron chi connectivity index (χ4n) is 3.09. The van der Waals surface area contributed by atoms with E-state index in [4.69, 9.17) is 0 Å². The molecule has 0 amide bonds. The average molecular weight is 513 g/mol. The second-order valence-corrected chi connectivity index (χ2v) is 9.73. The summed E-state index contributed by atoms with van der Waals surface area (Å²) < 4.78 is 30.1. The van der Waals surface area contributed by atoms with E-state index in [0.717, 1.165) is 22.6 Å². The fourth-order valence-corrected chi connectivity index (χ4v) is 5.15. The summed E-state index contributed by atoms with van der Waals surface area (Å²) in [7, 11) is -3.70. The van der Waals surface area contributed by atoms with Gasteiger partial charge in [0.25, 0.3) is 10.0 Å². The zero-order valence-corrected chi connectivity index (χ0v) is 20.1. The van der Waals surface area contributed by atoms with Crippen molar-refractivity contribution < 1.29 is 8.42 Å². The van der Waals surface area contributed by atoms with Crippen LogP contribution in [-0.2, 0) is 10.0 Å². The van der Waals surface area contributed by atoms with Gasteiger partial charge in [0.05, 0.1) is 5.69 Å². The lowest BCUT2D eigenvalue weighted by atomic mass is 10.2. The van der Waals surface area contributed by atoms with Crippen molar-refractivity contribution in [2.24, 2.45) is 0 Å². The van der Waals surface area contributed by atoms with Crippen molar-refractivity contribution >= 4 is 43.1 Å². The summed E-state index contributed by atoms with van der Waals surface area (Å²) in [6.07, 6.45) is 0. The Morgan fingerprint density at radius 3 is 2.16 bits per heavy atom. The predicted molar refractivity (Wildman–Crippen MR) is 128 cm³/mol. The molecule has 0 atom stereocenters. The van der Waals surface area contributed by atoms with Gasteiger partial charge in [-0.3, -0.25) is 4.72 Å². The van der Waals surface area contributed by atoms with Gasteiger partial charge in [-0.15, -0.1) is 10.2 Å². The summed E-state index contributed by atoms with van der Waals surface area (Å²) in [5.41, 5.74) is 4.31. The van der Waals surface area contributed by atoms with Gasteiger partial charge in [-0.25, -0.2) is 13.1 Å². The third-order valence-corrected chi connectivity index (χ3v) is 7.45. The van der Waals surface area contributed by atoms with Crippen LogP contribution in [0.5, 0.6) is 0 Å². The van der Waals surface area contributed by atoms with Crippen LogP contribution in [0.3, 0.4) is 0 Å². The van der Waals surface area contributed by atoms with Crippen molar-refractivity contribution in [3.8, 4) is 5.82 Å². The normalized spacial score (nSPS) is 11.4. The van der Waals surface area contributed by atoms with Gasteiger partial charge in [-0.1, -0.05) is 12.1 Å². The van der Waals surface area contributed by atoms with E-state index in [1.807, 2.05) is 32.9 Å². The predicted octanol–water partition coefficient (Wildman–Crippen LogP) is 4.89. The summed E-state index contributed by atoms with van der Waals surface area (Å²) >= 11 is 3.28. The molecule has 0 radical (unpaired) electrons. The molecule has 0 saturated heterocycles. The minimum atomic E-state index is -3.70. The highest BCUT2D eigenvalue weighted by atomic mass is 79.9. The maximum atomic E-state index is 12.6. The minimum Gasteiger partial charge on any atom is -0.339 e. The minimum absolute atomic E-state index is 0.176. The van der Waals surface area contributed by atoms with Crippen molar-refractivity contribution in [2.75, 3.05) is 10.0 Å². The first-order chi connectivity index (χ1) is 15.2. The molecule has 0 saturated carbocycles. The highest BCUT2D eigenvalue weighted by Crippen LogP contribution is 2.25. The quantitative estimate of drug-likeness (QED) is 0.381. The molecule has 2 N–H and O–H groups in total. The summed E-state index contributed by atoms with van der Waals surface area (Å²) in [5.74, 6) is 1.20. The first-order valence-corrected chi connectivity index (χ1v) is 12.0. The van der Waals surface area contributed by atoms with Crippen LogP contribution in [0.15, 0.2) is 70.0 Å². The summed E-state index contributed by atoms with van der Waals surface area (Å²) in [6, 6.07) is 17.2. The van der Waals surface area contributed by atoms with Gasteiger partial charge in [0.1, 0.15) is 4.90 Å². The first kappa shape index (κ1) is 22.0. The molecule has 2 heterocycles. The highest BCUT2D eigenvalue weighted by Gasteiger charge is 2.17. The standard InChI is InChI=1S/C22H21BrN6O2S/c1-14-15(2)27-29(16(14)3)22-13-12-21(25-26-22)24-17-8-10-18(11-9-17)28-32(30,31)20-7-5-4-6-19(20)23/h4-13,28H,1-3H3,(H,24,25). The van der Waals surface area contributed by atoms with Crippen LogP contribution in [0.4, 0.5) is 17.2 Å². The second kappa shape index (κ2) is 8.71. The Kier molecular flexibility index (Phi) is 5.98. The van der Waals surface area contributed by atoms with E-state index < -0.39 is 10.0 Å². The van der Waals surface area contributed by atoms with Crippen LogP contribution < -0.4 is 10.0 Å². The molecule has 0 bridgehead atoms. The van der Waals surface area contributed by atoms with Crippen molar-refractivity contribution in [3.63, 3.8) is 0 Å². The van der Waals surface area contributed by atoms with Crippen molar-refractivity contribution in [1.82, 2.24) is 20.0 Å². The van der Waals surface area contributed by atoms with E-state index >= 15 is 0 Å². The van der Waals surface area contributed by atoms with Crippen molar-refractivity contribution in [1.29, 1.82) is 0 Å². The Bertz CT molecular complexity index is 1370.